The minimum Gasteiger partial charge on any atom is -0.497 e. The molecular weight excluding hydrogens is 386 g/mol. The van der Waals surface area contributed by atoms with Crippen molar-refractivity contribution in [2.75, 3.05) is 26.8 Å². The van der Waals surface area contributed by atoms with Gasteiger partial charge in [0.1, 0.15) is 5.75 Å². The minimum absolute atomic E-state index is 0.131. The Hall–Kier alpha value is -2.63. The quantitative estimate of drug-likeness (QED) is 0.591. The summed E-state index contributed by atoms with van der Waals surface area (Å²) < 4.78 is 5.39. The summed E-state index contributed by atoms with van der Waals surface area (Å²) in [6.07, 6.45) is 4.93. The molecule has 0 unspecified atom stereocenters. The van der Waals surface area contributed by atoms with Gasteiger partial charge in [0.25, 0.3) is 0 Å². The lowest BCUT2D eigenvalue weighted by atomic mass is 9.75. The van der Waals surface area contributed by atoms with Crippen LogP contribution in [0, 0.1) is 19.3 Å². The number of aliphatic hydroxyl groups excluding tert-OH is 1. The van der Waals surface area contributed by atoms with E-state index in [4.69, 9.17) is 4.74 Å². The van der Waals surface area contributed by atoms with Gasteiger partial charge in [0.15, 0.2) is 0 Å². The van der Waals surface area contributed by atoms with E-state index in [1.165, 1.54) is 27.8 Å². The predicted octanol–water partition coefficient (Wildman–Crippen LogP) is 4.52. The number of H-pyrrole nitrogens is 1. The Kier molecular flexibility index (Phi) is 6.44. The first-order valence-electron chi connectivity index (χ1n) is 11.1. The van der Waals surface area contributed by atoms with Crippen LogP contribution in [0.5, 0.6) is 5.75 Å². The zero-order chi connectivity index (χ0) is 21.8. The first kappa shape index (κ1) is 21.6. The largest absolute Gasteiger partial charge is 0.497 e. The van der Waals surface area contributed by atoms with Gasteiger partial charge in [0.2, 0.25) is 0 Å². The van der Waals surface area contributed by atoms with E-state index in [0.717, 1.165) is 50.3 Å². The van der Waals surface area contributed by atoms with Crippen LogP contribution in [0.4, 0.5) is 0 Å². The highest BCUT2D eigenvalue weighted by Crippen LogP contribution is 2.35. The van der Waals surface area contributed by atoms with Gasteiger partial charge in [-0.15, -0.1) is 0 Å². The summed E-state index contributed by atoms with van der Waals surface area (Å²) in [4.78, 5) is 2.47. The van der Waals surface area contributed by atoms with E-state index < -0.39 is 0 Å². The maximum Gasteiger partial charge on any atom is 0.119 e. The van der Waals surface area contributed by atoms with Crippen LogP contribution < -0.4 is 4.74 Å². The molecule has 0 bridgehead atoms. The lowest BCUT2D eigenvalue weighted by molar-refractivity contribution is 0.0289. The first-order chi connectivity index (χ1) is 15.0. The van der Waals surface area contributed by atoms with Crippen LogP contribution >= 0.6 is 0 Å². The zero-order valence-electron chi connectivity index (χ0n) is 18.8. The summed E-state index contributed by atoms with van der Waals surface area (Å²) in [6, 6.07) is 14.8. The molecule has 164 valence electrons. The van der Waals surface area contributed by atoms with Crippen LogP contribution in [-0.4, -0.2) is 47.0 Å². The van der Waals surface area contributed by atoms with Gasteiger partial charge in [-0.3, -0.25) is 10.00 Å². The van der Waals surface area contributed by atoms with Crippen LogP contribution in [0.2, 0.25) is 0 Å². The third-order valence-corrected chi connectivity index (χ3v) is 6.56. The standard InChI is InChI=1S/C26H33N3O2/c1-19-8-9-20(2)24(12-19)25-22(15-27-28-25)16-29-11-5-10-26(17-29,18-30)14-21-6-4-7-23(13-21)31-3/h4,6-9,12-13,15,30H,5,10-11,14,16-18H2,1-3H3,(H,27,28)/t26-/m1/s1. The number of hydrogen-bond donors (Lipinski definition) is 2. The number of methoxy groups -OCH3 is 1. The Morgan fingerprint density at radius 2 is 2.06 bits per heavy atom. The summed E-state index contributed by atoms with van der Waals surface area (Å²) in [5.74, 6) is 0.870. The van der Waals surface area contributed by atoms with Crippen molar-refractivity contribution in [3.63, 3.8) is 0 Å². The van der Waals surface area contributed by atoms with E-state index in [0.29, 0.717) is 0 Å². The van der Waals surface area contributed by atoms with Crippen molar-refractivity contribution >= 4 is 0 Å². The predicted molar refractivity (Wildman–Crippen MR) is 124 cm³/mol. The molecule has 0 amide bonds. The molecule has 31 heavy (non-hydrogen) atoms. The van der Waals surface area contributed by atoms with Gasteiger partial charge in [-0.1, -0.05) is 29.8 Å². The fourth-order valence-corrected chi connectivity index (χ4v) is 4.90. The SMILES string of the molecule is COc1cccc(C[C@]2(CO)CCCN(Cc3cn[nH]c3-c3cc(C)ccc3C)C2)c1. The van der Waals surface area contributed by atoms with Gasteiger partial charge < -0.3 is 9.84 Å². The Labute approximate surface area is 185 Å². The molecule has 1 aromatic heterocycles. The van der Waals surface area contributed by atoms with Crippen molar-refractivity contribution in [2.45, 2.75) is 39.7 Å². The molecule has 1 atom stereocenters. The molecule has 3 aromatic rings. The first-order valence-corrected chi connectivity index (χ1v) is 11.1. The Morgan fingerprint density at radius 3 is 2.87 bits per heavy atom. The van der Waals surface area contributed by atoms with Crippen LogP contribution in [0.25, 0.3) is 11.3 Å². The Balaban J connectivity index is 1.53. The molecule has 0 spiro atoms. The van der Waals surface area contributed by atoms with E-state index in [1.54, 1.807) is 7.11 Å². The molecular formula is C26H33N3O2. The smallest absolute Gasteiger partial charge is 0.119 e. The maximum absolute atomic E-state index is 10.4. The van der Waals surface area contributed by atoms with E-state index in [1.807, 2.05) is 18.3 Å². The third kappa shape index (κ3) is 4.83. The van der Waals surface area contributed by atoms with Gasteiger partial charge >= 0.3 is 0 Å². The monoisotopic (exact) mass is 419 g/mol. The molecule has 2 aromatic carbocycles. The molecule has 4 rings (SSSR count). The molecule has 0 aliphatic carbocycles. The number of hydrogen-bond acceptors (Lipinski definition) is 4. The molecule has 1 saturated heterocycles. The lowest BCUT2D eigenvalue weighted by Crippen LogP contribution is -2.46. The molecule has 0 saturated carbocycles. The lowest BCUT2D eigenvalue weighted by Gasteiger charge is -2.42. The van der Waals surface area contributed by atoms with Crippen molar-refractivity contribution in [3.05, 3.63) is 70.9 Å². The second kappa shape index (κ2) is 9.25. The van der Waals surface area contributed by atoms with Crippen LogP contribution in [0.15, 0.2) is 48.7 Å². The summed E-state index contributed by atoms with van der Waals surface area (Å²) in [7, 11) is 1.70. The van der Waals surface area contributed by atoms with E-state index in [-0.39, 0.29) is 12.0 Å². The number of aliphatic hydroxyl groups is 1. The van der Waals surface area contributed by atoms with Gasteiger partial charge in [0, 0.05) is 29.6 Å². The normalized spacial score (nSPS) is 19.5. The van der Waals surface area contributed by atoms with Crippen LogP contribution in [0.3, 0.4) is 0 Å². The number of ether oxygens (including phenoxy) is 1. The minimum atomic E-state index is -0.131. The highest BCUT2D eigenvalue weighted by Gasteiger charge is 2.35. The van der Waals surface area contributed by atoms with Crippen LogP contribution in [0.1, 0.15) is 35.1 Å². The molecule has 2 N–H and O–H groups in total. The number of aromatic amines is 1. The second-order valence-electron chi connectivity index (χ2n) is 9.09. The Bertz CT molecular complexity index is 1030. The summed E-state index contributed by atoms with van der Waals surface area (Å²) in [5.41, 5.74) is 7.12. The third-order valence-electron chi connectivity index (χ3n) is 6.56. The number of nitrogens with one attached hydrogen (secondary N) is 1. The second-order valence-corrected chi connectivity index (χ2v) is 9.09. The Morgan fingerprint density at radius 1 is 1.19 bits per heavy atom. The van der Waals surface area contributed by atoms with Gasteiger partial charge in [-0.05, 0) is 69.0 Å². The topological polar surface area (TPSA) is 61.4 Å². The molecule has 2 heterocycles. The number of benzene rings is 2. The molecule has 1 aliphatic heterocycles. The number of likely N-dealkylation sites (tertiary alicyclic amines) is 1. The average Bonchev–Trinajstić information content (AvgIpc) is 3.23. The highest BCUT2D eigenvalue weighted by molar-refractivity contribution is 5.67. The van der Waals surface area contributed by atoms with Crippen molar-refractivity contribution < 1.29 is 9.84 Å². The fraction of sp³-hybridized carbons (Fsp3) is 0.423. The number of aromatic nitrogens is 2. The molecule has 5 heteroatoms. The number of piperidine rings is 1. The van der Waals surface area contributed by atoms with E-state index in [9.17, 15) is 5.11 Å². The van der Waals surface area contributed by atoms with E-state index >= 15 is 0 Å². The molecule has 5 nitrogen and oxygen atoms in total. The van der Waals surface area contributed by atoms with Gasteiger partial charge in [0.05, 0.1) is 25.6 Å². The van der Waals surface area contributed by atoms with Crippen molar-refractivity contribution in [2.24, 2.45) is 5.41 Å². The summed E-state index contributed by atoms with van der Waals surface area (Å²) in [6.45, 7) is 7.20. The van der Waals surface area contributed by atoms with E-state index in [2.05, 4.69) is 59.3 Å². The average molecular weight is 420 g/mol. The maximum atomic E-state index is 10.4. The molecule has 1 aliphatic rings. The number of nitrogens with zero attached hydrogens (tertiary/aromatic N) is 2. The van der Waals surface area contributed by atoms with Crippen molar-refractivity contribution in [3.8, 4) is 17.0 Å². The summed E-state index contributed by atoms with van der Waals surface area (Å²) in [5, 5.41) is 18.0. The molecule has 1 fully saturated rings. The number of aryl methyl sites for hydroxylation is 2. The van der Waals surface area contributed by atoms with Gasteiger partial charge in [-0.25, -0.2) is 0 Å². The summed E-state index contributed by atoms with van der Waals surface area (Å²) >= 11 is 0. The van der Waals surface area contributed by atoms with Crippen molar-refractivity contribution in [1.29, 1.82) is 0 Å². The molecule has 0 radical (unpaired) electrons. The van der Waals surface area contributed by atoms with Crippen LogP contribution in [-0.2, 0) is 13.0 Å². The van der Waals surface area contributed by atoms with Gasteiger partial charge in [-0.2, -0.15) is 5.10 Å². The fourth-order valence-electron chi connectivity index (χ4n) is 4.90. The number of rotatable bonds is 7. The highest BCUT2D eigenvalue weighted by atomic mass is 16.5. The van der Waals surface area contributed by atoms with Crippen molar-refractivity contribution in [1.82, 2.24) is 15.1 Å². The zero-order valence-corrected chi connectivity index (χ0v) is 18.8.